The van der Waals surface area contributed by atoms with E-state index in [1.807, 2.05) is 6.92 Å². The molecule has 2 saturated carbocycles. The van der Waals surface area contributed by atoms with Crippen LogP contribution in [-0.4, -0.2) is 52.3 Å². The van der Waals surface area contributed by atoms with Crippen LogP contribution < -0.4 is 0 Å². The van der Waals surface area contributed by atoms with E-state index < -0.39 is 34.6 Å². The third-order valence-corrected chi connectivity index (χ3v) is 8.09. The van der Waals surface area contributed by atoms with E-state index in [1.54, 1.807) is 18.6 Å². The number of furan rings is 1. The van der Waals surface area contributed by atoms with Gasteiger partial charge in [-0.15, -0.1) is 0 Å². The fraction of sp³-hybridized carbons (Fsp3) is 0.750. The number of aliphatic hydroxyl groups excluding tert-OH is 2. The Balaban J connectivity index is 1.65. The summed E-state index contributed by atoms with van der Waals surface area (Å²) in [6, 6.07) is 1.78. The summed E-state index contributed by atoms with van der Waals surface area (Å²) in [6.07, 6.45) is 3.15. The van der Waals surface area contributed by atoms with Gasteiger partial charge in [-0.1, -0.05) is 6.92 Å². The van der Waals surface area contributed by atoms with Crippen LogP contribution in [0.25, 0.3) is 0 Å². The van der Waals surface area contributed by atoms with Gasteiger partial charge in [0, 0.05) is 17.9 Å². The summed E-state index contributed by atoms with van der Waals surface area (Å²) in [5, 5.41) is 32.9. The van der Waals surface area contributed by atoms with Crippen molar-refractivity contribution >= 4 is 5.97 Å². The SMILES string of the molecule is C[C@H]1C[C@@H]2OC[C@@]3(O)CC[C@@H](O)[C@H]([C@@]14C[C@H](c1ccoc1)OC4=O)[C@@]23CO. The van der Waals surface area contributed by atoms with E-state index in [2.05, 4.69) is 0 Å². The average Bonchev–Trinajstić information content (AvgIpc) is 3.34. The zero-order valence-corrected chi connectivity index (χ0v) is 15.3. The fourth-order valence-corrected chi connectivity index (χ4v) is 6.75. The number of ether oxygens (including phenoxy) is 2. The summed E-state index contributed by atoms with van der Waals surface area (Å²) >= 11 is 0. The second-order valence-electron chi connectivity index (χ2n) is 8.95. The molecule has 0 aromatic carbocycles. The van der Waals surface area contributed by atoms with Crippen LogP contribution in [0.1, 0.15) is 44.3 Å². The monoisotopic (exact) mass is 378 g/mol. The number of rotatable bonds is 2. The first-order chi connectivity index (χ1) is 12.9. The molecule has 3 heterocycles. The van der Waals surface area contributed by atoms with Gasteiger partial charge in [-0.2, -0.15) is 0 Å². The van der Waals surface area contributed by atoms with E-state index >= 15 is 0 Å². The first-order valence-corrected chi connectivity index (χ1v) is 9.75. The Hall–Kier alpha value is -1.41. The second kappa shape index (κ2) is 5.56. The smallest absolute Gasteiger partial charge is 0.313 e. The number of aliphatic hydroxyl groups is 3. The fourth-order valence-electron chi connectivity index (χ4n) is 6.75. The first-order valence-electron chi connectivity index (χ1n) is 9.75. The molecule has 1 spiro atoms. The maximum atomic E-state index is 13.3. The Morgan fingerprint density at radius 3 is 2.89 bits per heavy atom. The molecule has 0 amide bonds. The van der Waals surface area contributed by atoms with Crippen molar-refractivity contribution in [2.45, 2.75) is 56.5 Å². The lowest BCUT2D eigenvalue weighted by Crippen LogP contribution is -2.71. The lowest BCUT2D eigenvalue weighted by molar-refractivity contribution is -0.243. The molecule has 2 aliphatic carbocycles. The third-order valence-electron chi connectivity index (χ3n) is 8.09. The molecular weight excluding hydrogens is 352 g/mol. The zero-order valence-electron chi connectivity index (χ0n) is 15.3. The molecule has 2 saturated heterocycles. The van der Waals surface area contributed by atoms with Gasteiger partial charge in [-0.3, -0.25) is 4.79 Å². The topological polar surface area (TPSA) is 109 Å². The largest absolute Gasteiger partial charge is 0.472 e. The number of carbonyl (C=O) groups excluding carboxylic acids is 1. The van der Waals surface area contributed by atoms with E-state index in [0.717, 1.165) is 5.56 Å². The minimum atomic E-state index is -1.24. The van der Waals surface area contributed by atoms with E-state index in [9.17, 15) is 20.1 Å². The average molecular weight is 378 g/mol. The Morgan fingerprint density at radius 2 is 2.19 bits per heavy atom. The van der Waals surface area contributed by atoms with Crippen LogP contribution >= 0.6 is 0 Å². The van der Waals surface area contributed by atoms with Gasteiger partial charge in [-0.05, 0) is 31.2 Å². The Kier molecular flexibility index (Phi) is 3.64. The summed E-state index contributed by atoms with van der Waals surface area (Å²) in [5.74, 6) is -1.08. The van der Waals surface area contributed by atoms with Crippen LogP contribution in [0, 0.1) is 22.7 Å². The zero-order chi connectivity index (χ0) is 19.0. The molecule has 1 aromatic rings. The molecule has 4 fully saturated rings. The molecular formula is C20H26O7. The molecule has 7 heteroatoms. The highest BCUT2D eigenvalue weighted by Gasteiger charge is 2.77. The van der Waals surface area contributed by atoms with Crippen LogP contribution in [0.5, 0.6) is 0 Å². The number of esters is 1. The van der Waals surface area contributed by atoms with E-state index in [1.165, 1.54) is 0 Å². The van der Waals surface area contributed by atoms with Crippen molar-refractivity contribution < 1.29 is 34.0 Å². The molecule has 8 atom stereocenters. The molecule has 0 radical (unpaired) electrons. The Morgan fingerprint density at radius 1 is 1.37 bits per heavy atom. The van der Waals surface area contributed by atoms with E-state index in [4.69, 9.17) is 13.9 Å². The molecule has 7 nitrogen and oxygen atoms in total. The molecule has 5 rings (SSSR count). The highest BCUT2D eigenvalue weighted by Crippen LogP contribution is 2.69. The van der Waals surface area contributed by atoms with Crippen molar-refractivity contribution in [2.24, 2.45) is 22.7 Å². The second-order valence-corrected chi connectivity index (χ2v) is 8.95. The van der Waals surface area contributed by atoms with Gasteiger partial charge in [0.25, 0.3) is 0 Å². The lowest BCUT2D eigenvalue weighted by atomic mass is 9.42. The maximum absolute atomic E-state index is 13.3. The van der Waals surface area contributed by atoms with Gasteiger partial charge >= 0.3 is 5.97 Å². The summed E-state index contributed by atoms with van der Waals surface area (Å²) in [4.78, 5) is 13.3. The molecule has 4 aliphatic rings. The number of hydrogen-bond acceptors (Lipinski definition) is 7. The molecule has 148 valence electrons. The summed E-state index contributed by atoms with van der Waals surface area (Å²) < 4.78 is 16.9. The Labute approximate surface area is 157 Å². The van der Waals surface area contributed by atoms with Crippen LogP contribution in [0.15, 0.2) is 23.0 Å². The molecule has 27 heavy (non-hydrogen) atoms. The first kappa shape index (κ1) is 17.7. The van der Waals surface area contributed by atoms with Gasteiger partial charge in [-0.25, -0.2) is 0 Å². The predicted octanol–water partition coefficient (Wildman–Crippen LogP) is 1.17. The van der Waals surface area contributed by atoms with E-state index in [0.29, 0.717) is 25.7 Å². The third kappa shape index (κ3) is 1.93. The van der Waals surface area contributed by atoms with Crippen LogP contribution in [-0.2, 0) is 14.3 Å². The van der Waals surface area contributed by atoms with Crippen molar-refractivity contribution in [3.63, 3.8) is 0 Å². The summed E-state index contributed by atoms with van der Waals surface area (Å²) in [6.45, 7) is 1.79. The molecule has 1 aromatic heterocycles. The van der Waals surface area contributed by atoms with Gasteiger partial charge < -0.3 is 29.2 Å². The number of hydrogen-bond donors (Lipinski definition) is 3. The van der Waals surface area contributed by atoms with Crippen LogP contribution in [0.2, 0.25) is 0 Å². The van der Waals surface area contributed by atoms with Crippen molar-refractivity contribution in [1.29, 1.82) is 0 Å². The van der Waals surface area contributed by atoms with Gasteiger partial charge in [0.2, 0.25) is 0 Å². The van der Waals surface area contributed by atoms with Gasteiger partial charge in [0.05, 0.1) is 54.4 Å². The molecule has 0 bridgehead atoms. The van der Waals surface area contributed by atoms with E-state index in [-0.39, 0.29) is 31.2 Å². The molecule has 0 unspecified atom stereocenters. The van der Waals surface area contributed by atoms with Crippen LogP contribution in [0.3, 0.4) is 0 Å². The van der Waals surface area contributed by atoms with Gasteiger partial charge in [0.15, 0.2) is 0 Å². The molecule has 3 N–H and O–H groups in total. The van der Waals surface area contributed by atoms with Crippen molar-refractivity contribution in [1.82, 2.24) is 0 Å². The number of carbonyl (C=O) groups is 1. The van der Waals surface area contributed by atoms with Crippen molar-refractivity contribution in [3.8, 4) is 0 Å². The Bertz CT molecular complexity index is 748. The summed E-state index contributed by atoms with van der Waals surface area (Å²) in [7, 11) is 0. The minimum absolute atomic E-state index is 0.105. The standard InChI is InChI=1S/C20H26O7/c1-11-6-15-20(9-21)16(13(22)2-4-18(20,24)10-26-15)19(11)7-14(27-17(19)23)12-3-5-25-8-12/h3,5,8,11,13-16,21-22,24H,2,4,6-7,9-10H2,1H3/t11-,13+,14+,15-,16+,18-,19+,20+/m0/s1. The number of cyclic esters (lactones) is 1. The minimum Gasteiger partial charge on any atom is -0.472 e. The lowest BCUT2D eigenvalue weighted by Gasteiger charge is -2.62. The molecule has 2 aliphatic heterocycles. The normalized spacial score (nSPS) is 51.4. The maximum Gasteiger partial charge on any atom is 0.313 e. The number of fused-ring (bicyclic) bond motifs is 1. The van der Waals surface area contributed by atoms with Crippen molar-refractivity contribution in [2.75, 3.05) is 13.2 Å². The predicted molar refractivity (Wildman–Crippen MR) is 91.3 cm³/mol. The van der Waals surface area contributed by atoms with Gasteiger partial charge in [0.1, 0.15) is 6.10 Å². The van der Waals surface area contributed by atoms with Crippen molar-refractivity contribution in [3.05, 3.63) is 24.2 Å². The highest BCUT2D eigenvalue weighted by molar-refractivity contribution is 5.81. The quantitative estimate of drug-likeness (QED) is 0.663. The van der Waals surface area contributed by atoms with Crippen LogP contribution in [0.4, 0.5) is 0 Å². The highest BCUT2D eigenvalue weighted by atomic mass is 16.6. The summed E-state index contributed by atoms with van der Waals surface area (Å²) in [5.41, 5.74) is -2.47.